The predicted octanol–water partition coefficient (Wildman–Crippen LogP) is 4.01. The monoisotopic (exact) mass is 439 g/mol. The lowest BCUT2D eigenvalue weighted by Crippen LogP contribution is -2.49. The largest absolute Gasteiger partial charge is 0.503 e. The molecule has 7 nitrogen and oxygen atoms in total. The van der Waals surface area contributed by atoms with E-state index in [1.54, 1.807) is 37.4 Å². The number of nitrogens with zero attached hydrogens (tertiary/aromatic N) is 1. The first kappa shape index (κ1) is 23.2. The Morgan fingerprint density at radius 1 is 1.03 bits per heavy atom. The normalized spacial score (nSPS) is 18.0. The van der Waals surface area contributed by atoms with Crippen molar-refractivity contribution >= 4 is 11.7 Å². The number of rotatable bonds is 9. The van der Waals surface area contributed by atoms with Crippen molar-refractivity contribution in [2.45, 2.75) is 32.4 Å². The molecule has 0 aromatic heterocycles. The lowest BCUT2D eigenvalue weighted by molar-refractivity contribution is -0.141. The molecular weight excluding hydrogens is 410 g/mol. The third-order valence-electron chi connectivity index (χ3n) is 5.55. The second-order valence-corrected chi connectivity index (χ2v) is 8.13. The number of benzene rings is 2. The molecule has 32 heavy (non-hydrogen) atoms. The van der Waals surface area contributed by atoms with E-state index in [4.69, 9.17) is 14.2 Å². The Kier molecular flexibility index (Phi) is 6.77. The molecule has 1 aliphatic heterocycles. The molecule has 1 aliphatic rings. The van der Waals surface area contributed by atoms with Crippen molar-refractivity contribution in [3.63, 3.8) is 0 Å². The number of hydrogen-bond donors (Lipinski definition) is 1. The lowest BCUT2D eigenvalue weighted by Gasteiger charge is -2.37. The first-order chi connectivity index (χ1) is 15.3. The summed E-state index contributed by atoms with van der Waals surface area (Å²) in [5, 5.41) is 10.5. The number of amides is 1. The van der Waals surface area contributed by atoms with Crippen LogP contribution in [-0.2, 0) is 21.7 Å². The summed E-state index contributed by atoms with van der Waals surface area (Å²) in [6.45, 7) is 3.98. The van der Waals surface area contributed by atoms with Crippen LogP contribution in [0.4, 0.5) is 0 Å². The number of carbonyl (C=O) groups excluding carboxylic acids is 2. The van der Waals surface area contributed by atoms with E-state index in [-0.39, 0.29) is 24.7 Å². The van der Waals surface area contributed by atoms with E-state index in [9.17, 15) is 14.7 Å². The molecule has 0 fully saturated rings. The molecule has 1 atom stereocenters. The molecule has 2 aromatic carbocycles. The molecule has 0 aliphatic carbocycles. The number of methoxy groups -OCH3 is 3. The molecular formula is C25H29NO6. The van der Waals surface area contributed by atoms with E-state index in [0.29, 0.717) is 22.8 Å². The first-order valence-corrected chi connectivity index (χ1v) is 10.4. The van der Waals surface area contributed by atoms with Crippen molar-refractivity contribution in [3.05, 3.63) is 65.4 Å². The summed E-state index contributed by atoms with van der Waals surface area (Å²) in [4.78, 5) is 28.2. The Bertz CT molecular complexity index is 1040. The predicted molar refractivity (Wildman–Crippen MR) is 120 cm³/mol. The number of aliphatic hydroxyl groups excluding tert-OH is 1. The van der Waals surface area contributed by atoms with Crippen molar-refractivity contribution in [1.29, 1.82) is 0 Å². The van der Waals surface area contributed by atoms with Gasteiger partial charge in [0.15, 0.2) is 23.0 Å². The molecule has 2 aromatic rings. The van der Waals surface area contributed by atoms with Crippen LogP contribution in [0.25, 0.3) is 0 Å². The molecule has 1 heterocycles. The molecule has 1 N–H and O–H groups in total. The Morgan fingerprint density at radius 3 is 2.38 bits per heavy atom. The fourth-order valence-electron chi connectivity index (χ4n) is 4.02. The van der Waals surface area contributed by atoms with Gasteiger partial charge in [0.1, 0.15) is 11.3 Å². The van der Waals surface area contributed by atoms with E-state index < -0.39 is 17.2 Å². The number of ether oxygens (including phenoxy) is 3. The smallest absolute Gasteiger partial charge is 0.290 e. The zero-order chi connectivity index (χ0) is 23.5. The van der Waals surface area contributed by atoms with Gasteiger partial charge >= 0.3 is 0 Å². The molecule has 0 radical (unpaired) electrons. The summed E-state index contributed by atoms with van der Waals surface area (Å²) in [5.41, 5.74) is -0.197. The SMILES string of the molecule is COc1cccc(CN2C(=O)C(O)=CC2(C(=O)CC(C)C)c2ccc(OC)c(OC)c2)c1. The number of aliphatic hydroxyl groups is 1. The Morgan fingerprint density at radius 2 is 1.75 bits per heavy atom. The molecule has 3 rings (SSSR count). The van der Waals surface area contributed by atoms with Gasteiger partial charge in [0.2, 0.25) is 0 Å². The van der Waals surface area contributed by atoms with Crippen LogP contribution in [0.3, 0.4) is 0 Å². The van der Waals surface area contributed by atoms with Crippen LogP contribution in [0, 0.1) is 5.92 Å². The minimum absolute atomic E-state index is 0.0597. The van der Waals surface area contributed by atoms with Crippen LogP contribution in [-0.4, -0.2) is 43.0 Å². The van der Waals surface area contributed by atoms with Crippen molar-refractivity contribution in [3.8, 4) is 17.2 Å². The van der Waals surface area contributed by atoms with Gasteiger partial charge in [0.25, 0.3) is 5.91 Å². The molecule has 1 amide bonds. The third kappa shape index (κ3) is 4.15. The van der Waals surface area contributed by atoms with Crippen LogP contribution < -0.4 is 14.2 Å². The van der Waals surface area contributed by atoms with E-state index in [1.165, 1.54) is 25.2 Å². The molecule has 0 spiro atoms. The molecule has 7 heteroatoms. The lowest BCUT2D eigenvalue weighted by atomic mass is 9.81. The minimum atomic E-state index is -1.48. The Balaban J connectivity index is 2.19. The van der Waals surface area contributed by atoms with E-state index in [2.05, 4.69) is 0 Å². The van der Waals surface area contributed by atoms with Gasteiger partial charge in [-0.1, -0.05) is 32.0 Å². The number of ketones is 1. The maximum atomic E-state index is 13.7. The molecule has 0 bridgehead atoms. The second kappa shape index (κ2) is 9.34. The molecule has 0 saturated carbocycles. The Hall–Kier alpha value is -3.48. The van der Waals surface area contributed by atoms with Crippen molar-refractivity contribution in [2.24, 2.45) is 5.92 Å². The van der Waals surface area contributed by atoms with E-state index in [1.807, 2.05) is 26.0 Å². The van der Waals surface area contributed by atoms with Gasteiger partial charge in [0.05, 0.1) is 21.3 Å². The van der Waals surface area contributed by atoms with Crippen LogP contribution in [0.2, 0.25) is 0 Å². The van der Waals surface area contributed by atoms with Gasteiger partial charge < -0.3 is 24.2 Å². The summed E-state index contributed by atoms with van der Waals surface area (Å²) in [5.74, 6) is 0.357. The molecule has 0 saturated heterocycles. The molecule has 170 valence electrons. The third-order valence-corrected chi connectivity index (χ3v) is 5.55. The average Bonchev–Trinajstić information content (AvgIpc) is 3.04. The summed E-state index contributed by atoms with van der Waals surface area (Å²) < 4.78 is 16.1. The summed E-state index contributed by atoms with van der Waals surface area (Å²) >= 11 is 0. The highest BCUT2D eigenvalue weighted by Gasteiger charge is 2.52. The van der Waals surface area contributed by atoms with Crippen LogP contribution in [0.5, 0.6) is 17.2 Å². The van der Waals surface area contributed by atoms with Crippen molar-refractivity contribution < 1.29 is 28.9 Å². The maximum absolute atomic E-state index is 13.7. The maximum Gasteiger partial charge on any atom is 0.290 e. The van der Waals surface area contributed by atoms with Gasteiger partial charge in [-0.15, -0.1) is 0 Å². The second-order valence-electron chi connectivity index (χ2n) is 8.13. The molecule has 1 unspecified atom stereocenters. The van der Waals surface area contributed by atoms with Gasteiger partial charge in [-0.25, -0.2) is 0 Å². The van der Waals surface area contributed by atoms with Gasteiger partial charge in [-0.05, 0) is 41.3 Å². The van der Waals surface area contributed by atoms with Gasteiger partial charge in [0, 0.05) is 19.0 Å². The highest BCUT2D eigenvalue weighted by Crippen LogP contribution is 2.43. The highest BCUT2D eigenvalue weighted by molar-refractivity contribution is 6.05. The minimum Gasteiger partial charge on any atom is -0.503 e. The zero-order valence-electron chi connectivity index (χ0n) is 19.0. The van der Waals surface area contributed by atoms with Gasteiger partial charge in [-0.3, -0.25) is 9.59 Å². The van der Waals surface area contributed by atoms with Crippen LogP contribution in [0.15, 0.2) is 54.3 Å². The summed E-state index contributed by atoms with van der Waals surface area (Å²) in [6.07, 6.45) is 1.57. The van der Waals surface area contributed by atoms with E-state index in [0.717, 1.165) is 5.56 Å². The van der Waals surface area contributed by atoms with Gasteiger partial charge in [-0.2, -0.15) is 0 Å². The summed E-state index contributed by atoms with van der Waals surface area (Å²) in [7, 11) is 4.59. The average molecular weight is 440 g/mol. The number of hydrogen-bond acceptors (Lipinski definition) is 6. The first-order valence-electron chi connectivity index (χ1n) is 10.4. The summed E-state index contributed by atoms with van der Waals surface area (Å²) in [6, 6.07) is 12.4. The number of carbonyl (C=O) groups is 2. The number of Topliss-reactive ketones (excluding diaryl/α,β-unsaturated/α-hetero) is 1. The highest BCUT2D eigenvalue weighted by atomic mass is 16.5. The van der Waals surface area contributed by atoms with Crippen molar-refractivity contribution in [1.82, 2.24) is 4.90 Å². The topological polar surface area (TPSA) is 85.3 Å². The van der Waals surface area contributed by atoms with Crippen LogP contribution in [0.1, 0.15) is 31.4 Å². The zero-order valence-corrected chi connectivity index (χ0v) is 19.0. The van der Waals surface area contributed by atoms with Crippen molar-refractivity contribution in [2.75, 3.05) is 21.3 Å². The van der Waals surface area contributed by atoms with Crippen LogP contribution >= 0.6 is 0 Å². The quantitative estimate of drug-likeness (QED) is 0.636. The fourth-order valence-corrected chi connectivity index (χ4v) is 4.02. The standard InChI is InChI=1S/C25H29NO6/c1-16(2)11-23(28)25(18-9-10-21(31-4)22(13-18)32-5)14-20(27)24(29)26(25)15-17-7-6-8-19(12-17)30-3/h6-10,12-14,16,27H,11,15H2,1-5H3. The van der Waals surface area contributed by atoms with E-state index >= 15 is 0 Å². The fraction of sp³-hybridized carbons (Fsp3) is 0.360. The Labute approximate surface area is 188 Å².